The van der Waals surface area contributed by atoms with Crippen LogP contribution in [0.4, 0.5) is 4.79 Å². The van der Waals surface area contributed by atoms with E-state index in [1.807, 2.05) is 48.5 Å². The molecule has 3 aromatic carbocycles. The van der Waals surface area contributed by atoms with Gasteiger partial charge in [0.25, 0.3) is 0 Å². The topological polar surface area (TPSA) is 94.1 Å². The number of benzene rings is 3. The van der Waals surface area contributed by atoms with Crippen molar-refractivity contribution >= 4 is 12.1 Å². The number of hydrogen-bond donors (Lipinski definition) is 2. The summed E-state index contributed by atoms with van der Waals surface area (Å²) in [5.74, 6) is -0.605. The lowest BCUT2D eigenvalue weighted by atomic mass is 9.98. The summed E-state index contributed by atoms with van der Waals surface area (Å²) in [7, 11) is 2.90. The molecule has 1 aliphatic rings. The highest BCUT2D eigenvalue weighted by molar-refractivity contribution is 5.83. The largest absolute Gasteiger partial charge is 0.497 e. The SMILES string of the molecule is COc1ccc(OC)c([C@H](NC(=O)OCC2c3ccccc3-c3ccccc32)C(=O)O)c1. The van der Waals surface area contributed by atoms with Gasteiger partial charge in [-0.05, 0) is 40.5 Å². The van der Waals surface area contributed by atoms with Gasteiger partial charge in [-0.3, -0.25) is 0 Å². The van der Waals surface area contributed by atoms with E-state index >= 15 is 0 Å². The monoisotopic (exact) mass is 433 g/mol. The van der Waals surface area contributed by atoms with Crippen molar-refractivity contribution in [1.29, 1.82) is 0 Å². The molecule has 0 spiro atoms. The first kappa shape index (κ1) is 21.2. The molecule has 164 valence electrons. The summed E-state index contributed by atoms with van der Waals surface area (Å²) in [4.78, 5) is 24.5. The molecule has 32 heavy (non-hydrogen) atoms. The van der Waals surface area contributed by atoms with Gasteiger partial charge in [-0.25, -0.2) is 9.59 Å². The standard InChI is InChI=1S/C25H23NO6/c1-30-15-11-12-22(31-2)20(13-15)23(24(27)28)26-25(29)32-14-21-18-9-5-3-7-16(18)17-8-4-6-10-19(17)21/h3-13,21,23H,14H2,1-2H3,(H,26,29)(H,27,28)/t23-/m0/s1. The molecule has 1 atom stereocenters. The van der Waals surface area contributed by atoms with E-state index in [2.05, 4.69) is 5.32 Å². The van der Waals surface area contributed by atoms with Crippen molar-refractivity contribution in [3.63, 3.8) is 0 Å². The minimum atomic E-state index is -1.37. The highest BCUT2D eigenvalue weighted by Gasteiger charge is 2.31. The Kier molecular flexibility index (Phi) is 5.98. The third kappa shape index (κ3) is 3.97. The number of methoxy groups -OCH3 is 2. The van der Waals surface area contributed by atoms with Crippen LogP contribution in [0.15, 0.2) is 66.7 Å². The second kappa shape index (κ2) is 9.01. The van der Waals surface area contributed by atoms with Crippen molar-refractivity contribution in [2.75, 3.05) is 20.8 Å². The number of carboxylic acids is 1. The van der Waals surface area contributed by atoms with Crippen molar-refractivity contribution in [3.05, 3.63) is 83.4 Å². The van der Waals surface area contributed by atoms with Gasteiger partial charge in [0, 0.05) is 11.5 Å². The van der Waals surface area contributed by atoms with E-state index < -0.39 is 18.1 Å². The molecule has 0 saturated heterocycles. The third-order valence-electron chi connectivity index (χ3n) is 5.60. The van der Waals surface area contributed by atoms with Gasteiger partial charge in [-0.15, -0.1) is 0 Å². The predicted molar refractivity (Wildman–Crippen MR) is 118 cm³/mol. The highest BCUT2D eigenvalue weighted by Crippen LogP contribution is 2.44. The summed E-state index contributed by atoms with van der Waals surface area (Å²) in [5, 5.41) is 12.2. The van der Waals surface area contributed by atoms with Crippen LogP contribution in [-0.4, -0.2) is 38.0 Å². The lowest BCUT2D eigenvalue weighted by Crippen LogP contribution is -2.35. The lowest BCUT2D eigenvalue weighted by Gasteiger charge is -2.19. The van der Waals surface area contributed by atoms with Gasteiger partial charge in [-0.1, -0.05) is 48.5 Å². The number of aliphatic carboxylic acids is 1. The molecule has 2 N–H and O–H groups in total. The Morgan fingerprint density at radius 3 is 2.12 bits per heavy atom. The number of carboxylic acid groups (broad SMARTS) is 1. The second-order valence-corrected chi connectivity index (χ2v) is 7.35. The van der Waals surface area contributed by atoms with E-state index in [4.69, 9.17) is 14.2 Å². The first-order valence-electron chi connectivity index (χ1n) is 10.1. The van der Waals surface area contributed by atoms with E-state index in [0.717, 1.165) is 22.3 Å². The molecule has 0 fully saturated rings. The van der Waals surface area contributed by atoms with Crippen LogP contribution < -0.4 is 14.8 Å². The number of alkyl carbamates (subject to hydrolysis) is 1. The fraction of sp³-hybridized carbons (Fsp3) is 0.200. The number of hydrogen-bond acceptors (Lipinski definition) is 5. The molecule has 0 heterocycles. The minimum Gasteiger partial charge on any atom is -0.497 e. The van der Waals surface area contributed by atoms with E-state index in [9.17, 15) is 14.7 Å². The first-order valence-corrected chi connectivity index (χ1v) is 10.1. The zero-order valence-corrected chi connectivity index (χ0v) is 17.7. The molecular formula is C25H23NO6. The fourth-order valence-corrected chi connectivity index (χ4v) is 4.10. The van der Waals surface area contributed by atoms with Gasteiger partial charge in [0.2, 0.25) is 0 Å². The van der Waals surface area contributed by atoms with E-state index in [1.165, 1.54) is 20.3 Å². The van der Waals surface area contributed by atoms with Gasteiger partial charge < -0.3 is 24.6 Å². The van der Waals surface area contributed by atoms with Crippen molar-refractivity contribution < 1.29 is 28.9 Å². The highest BCUT2D eigenvalue weighted by atomic mass is 16.5. The van der Waals surface area contributed by atoms with Crippen LogP contribution in [0.5, 0.6) is 11.5 Å². The molecule has 7 heteroatoms. The normalized spacial score (nSPS) is 12.9. The molecule has 0 bridgehead atoms. The zero-order valence-electron chi connectivity index (χ0n) is 17.7. The Labute approximate surface area is 185 Å². The van der Waals surface area contributed by atoms with Gasteiger partial charge in [0.1, 0.15) is 18.1 Å². The molecule has 0 saturated carbocycles. The molecule has 1 aliphatic carbocycles. The van der Waals surface area contributed by atoms with E-state index in [-0.39, 0.29) is 18.1 Å². The maximum atomic E-state index is 12.6. The van der Waals surface area contributed by atoms with Crippen LogP contribution in [-0.2, 0) is 9.53 Å². The molecule has 4 rings (SSSR count). The van der Waals surface area contributed by atoms with Gasteiger partial charge in [0.05, 0.1) is 14.2 Å². The molecule has 7 nitrogen and oxygen atoms in total. The number of amides is 1. The van der Waals surface area contributed by atoms with Crippen LogP contribution in [0.3, 0.4) is 0 Å². The molecular weight excluding hydrogens is 410 g/mol. The van der Waals surface area contributed by atoms with E-state index in [0.29, 0.717) is 11.5 Å². The zero-order chi connectivity index (χ0) is 22.7. The van der Waals surface area contributed by atoms with Crippen LogP contribution in [0.2, 0.25) is 0 Å². The van der Waals surface area contributed by atoms with E-state index in [1.54, 1.807) is 12.1 Å². The Morgan fingerprint density at radius 1 is 0.938 bits per heavy atom. The maximum Gasteiger partial charge on any atom is 0.408 e. The van der Waals surface area contributed by atoms with Crippen LogP contribution in [0.1, 0.15) is 28.7 Å². The van der Waals surface area contributed by atoms with Gasteiger partial charge in [0.15, 0.2) is 6.04 Å². The number of fused-ring (bicyclic) bond motifs is 3. The van der Waals surface area contributed by atoms with Crippen molar-refractivity contribution in [1.82, 2.24) is 5.32 Å². The Morgan fingerprint density at radius 2 is 1.56 bits per heavy atom. The molecule has 0 radical (unpaired) electrons. The van der Waals surface area contributed by atoms with Crippen LogP contribution >= 0.6 is 0 Å². The number of ether oxygens (including phenoxy) is 3. The van der Waals surface area contributed by atoms with Crippen LogP contribution in [0.25, 0.3) is 11.1 Å². The Hall–Kier alpha value is -4.00. The first-order chi connectivity index (χ1) is 15.5. The maximum absolute atomic E-state index is 12.6. The van der Waals surface area contributed by atoms with Crippen molar-refractivity contribution in [3.8, 4) is 22.6 Å². The van der Waals surface area contributed by atoms with Gasteiger partial charge in [-0.2, -0.15) is 0 Å². The third-order valence-corrected chi connectivity index (χ3v) is 5.60. The summed E-state index contributed by atoms with van der Waals surface area (Å²) in [6.45, 7) is 0.0848. The molecule has 0 unspecified atom stereocenters. The lowest BCUT2D eigenvalue weighted by molar-refractivity contribution is -0.139. The summed E-state index contributed by atoms with van der Waals surface area (Å²) >= 11 is 0. The smallest absolute Gasteiger partial charge is 0.408 e. The molecule has 0 aliphatic heterocycles. The minimum absolute atomic E-state index is 0.0848. The van der Waals surface area contributed by atoms with Crippen molar-refractivity contribution in [2.24, 2.45) is 0 Å². The summed E-state index contributed by atoms with van der Waals surface area (Å²) in [6, 6.07) is 19.4. The van der Waals surface area contributed by atoms with Gasteiger partial charge >= 0.3 is 12.1 Å². The molecule has 3 aromatic rings. The summed E-state index contributed by atoms with van der Waals surface area (Å²) in [5.41, 5.74) is 4.63. The average molecular weight is 433 g/mol. The van der Waals surface area contributed by atoms with Crippen LogP contribution in [0, 0.1) is 0 Å². The summed E-state index contributed by atoms with van der Waals surface area (Å²) in [6.07, 6.45) is -0.830. The summed E-state index contributed by atoms with van der Waals surface area (Å²) < 4.78 is 15.9. The molecule has 0 aromatic heterocycles. The number of carbonyl (C=O) groups is 2. The second-order valence-electron chi connectivity index (χ2n) is 7.35. The number of nitrogens with one attached hydrogen (secondary N) is 1. The number of rotatable bonds is 7. The van der Waals surface area contributed by atoms with Crippen molar-refractivity contribution in [2.45, 2.75) is 12.0 Å². The Bertz CT molecular complexity index is 1110. The predicted octanol–water partition coefficient (Wildman–Crippen LogP) is 4.37. The quantitative estimate of drug-likeness (QED) is 0.575. The Balaban J connectivity index is 1.52. The molecule has 1 amide bonds. The average Bonchev–Trinajstić information content (AvgIpc) is 3.14. The number of carbonyl (C=O) groups excluding carboxylic acids is 1. The fourth-order valence-electron chi connectivity index (χ4n) is 4.10.